The number of nitrogens with zero attached hydrogens (tertiary/aromatic N) is 2. The van der Waals surface area contributed by atoms with Crippen LogP contribution in [-0.2, 0) is 14.3 Å². The minimum atomic E-state index is -0.251. The summed E-state index contributed by atoms with van der Waals surface area (Å²) in [5.41, 5.74) is 0. The van der Waals surface area contributed by atoms with Gasteiger partial charge in [0.15, 0.2) is 0 Å². The minimum Gasteiger partial charge on any atom is -0.381 e. The van der Waals surface area contributed by atoms with Gasteiger partial charge in [-0.3, -0.25) is 9.59 Å². The smallest absolute Gasteiger partial charge is 0.246 e. The molecule has 20 heavy (non-hydrogen) atoms. The van der Waals surface area contributed by atoms with Gasteiger partial charge in [0, 0.05) is 32.4 Å². The molecule has 0 radical (unpaired) electrons. The number of piperidine rings is 1. The maximum absolute atomic E-state index is 12.7. The van der Waals surface area contributed by atoms with Gasteiger partial charge in [0.05, 0.1) is 11.0 Å². The van der Waals surface area contributed by atoms with Gasteiger partial charge < -0.3 is 14.5 Å². The van der Waals surface area contributed by atoms with E-state index in [0.717, 1.165) is 38.1 Å². The van der Waals surface area contributed by atoms with Crippen molar-refractivity contribution in [3.63, 3.8) is 0 Å². The fourth-order valence-electron chi connectivity index (χ4n) is 3.53. The molecule has 3 aliphatic rings. The van der Waals surface area contributed by atoms with Gasteiger partial charge in [0.1, 0.15) is 6.04 Å². The van der Waals surface area contributed by atoms with Crippen LogP contribution in [0.3, 0.4) is 0 Å². The zero-order valence-corrected chi connectivity index (χ0v) is 12.9. The highest BCUT2D eigenvalue weighted by molar-refractivity contribution is 8.01. The standard InChI is InChI=1S/C14H22N2O3S/c1-14-6-3-12(17)16(14)11(9-20-14)13(18)15-7-4-10(19-2)5-8-15/h10-11H,3-9H2,1-2H3. The number of fused-ring (bicyclic) bond motifs is 1. The Morgan fingerprint density at radius 1 is 1.40 bits per heavy atom. The van der Waals surface area contributed by atoms with Crippen molar-refractivity contribution < 1.29 is 14.3 Å². The van der Waals surface area contributed by atoms with Crippen LogP contribution in [0.2, 0.25) is 0 Å². The Kier molecular flexibility index (Phi) is 3.71. The van der Waals surface area contributed by atoms with Crippen molar-refractivity contribution in [2.75, 3.05) is 26.0 Å². The summed E-state index contributed by atoms with van der Waals surface area (Å²) < 4.78 is 5.34. The quantitative estimate of drug-likeness (QED) is 0.765. The average Bonchev–Trinajstić information content (AvgIpc) is 2.95. The predicted molar refractivity (Wildman–Crippen MR) is 77.3 cm³/mol. The van der Waals surface area contributed by atoms with Gasteiger partial charge in [-0.05, 0) is 26.2 Å². The first-order valence-corrected chi connectivity index (χ1v) is 8.31. The molecule has 0 N–H and O–H groups in total. The van der Waals surface area contributed by atoms with Crippen molar-refractivity contribution in [2.45, 2.75) is 49.6 Å². The predicted octanol–water partition coefficient (Wildman–Crippen LogP) is 1.08. The van der Waals surface area contributed by atoms with Crippen molar-refractivity contribution >= 4 is 23.6 Å². The fraction of sp³-hybridized carbons (Fsp3) is 0.857. The average molecular weight is 298 g/mol. The number of hydrogen-bond acceptors (Lipinski definition) is 4. The maximum Gasteiger partial charge on any atom is 0.246 e. The molecule has 0 aromatic rings. The molecule has 2 atom stereocenters. The largest absolute Gasteiger partial charge is 0.381 e. The Morgan fingerprint density at radius 2 is 2.10 bits per heavy atom. The van der Waals surface area contributed by atoms with Crippen LogP contribution < -0.4 is 0 Å². The number of likely N-dealkylation sites (tertiary alicyclic amines) is 1. The summed E-state index contributed by atoms with van der Waals surface area (Å²) in [6.07, 6.45) is 3.52. The van der Waals surface area contributed by atoms with Crippen molar-refractivity contribution in [3.05, 3.63) is 0 Å². The van der Waals surface area contributed by atoms with Crippen LogP contribution in [-0.4, -0.2) is 64.6 Å². The molecular weight excluding hydrogens is 276 g/mol. The highest BCUT2D eigenvalue weighted by Crippen LogP contribution is 2.47. The summed E-state index contributed by atoms with van der Waals surface area (Å²) in [5, 5.41) is 0. The Labute approximate surface area is 124 Å². The molecule has 0 saturated carbocycles. The Hall–Kier alpha value is -0.750. The number of carbonyl (C=O) groups is 2. The molecule has 2 unspecified atom stereocenters. The first-order chi connectivity index (χ1) is 9.55. The van der Waals surface area contributed by atoms with Crippen LogP contribution in [0, 0.1) is 0 Å². The van der Waals surface area contributed by atoms with E-state index in [4.69, 9.17) is 4.74 Å². The number of rotatable bonds is 2. The molecule has 3 rings (SSSR count). The van der Waals surface area contributed by atoms with Gasteiger partial charge in [0.2, 0.25) is 11.8 Å². The summed E-state index contributed by atoms with van der Waals surface area (Å²) in [6.45, 7) is 3.58. The van der Waals surface area contributed by atoms with Crippen molar-refractivity contribution in [3.8, 4) is 0 Å². The Morgan fingerprint density at radius 3 is 2.75 bits per heavy atom. The van der Waals surface area contributed by atoms with E-state index in [1.807, 2.05) is 9.80 Å². The highest BCUT2D eigenvalue weighted by Gasteiger charge is 2.53. The number of thioether (sulfide) groups is 1. The molecular formula is C14H22N2O3S. The zero-order valence-electron chi connectivity index (χ0n) is 12.1. The van der Waals surface area contributed by atoms with E-state index < -0.39 is 0 Å². The lowest BCUT2D eigenvalue weighted by Gasteiger charge is -2.36. The molecule has 0 aromatic carbocycles. The topological polar surface area (TPSA) is 49.9 Å². The number of carbonyl (C=O) groups excluding carboxylic acids is 2. The molecule has 0 spiro atoms. The zero-order chi connectivity index (χ0) is 14.3. The van der Waals surface area contributed by atoms with E-state index in [1.165, 1.54) is 0 Å². The molecule has 2 amide bonds. The molecule has 5 nitrogen and oxygen atoms in total. The van der Waals surface area contributed by atoms with Crippen LogP contribution in [0.15, 0.2) is 0 Å². The second-order valence-corrected chi connectivity index (χ2v) is 7.53. The van der Waals surface area contributed by atoms with Crippen molar-refractivity contribution in [2.24, 2.45) is 0 Å². The number of amides is 2. The number of hydrogen-bond donors (Lipinski definition) is 0. The molecule has 0 bridgehead atoms. The molecule has 3 saturated heterocycles. The Balaban J connectivity index is 1.68. The van der Waals surface area contributed by atoms with Crippen molar-refractivity contribution in [1.29, 1.82) is 0 Å². The second-order valence-electron chi connectivity index (χ2n) is 6.03. The summed E-state index contributed by atoms with van der Waals surface area (Å²) in [5.74, 6) is 1.01. The summed E-state index contributed by atoms with van der Waals surface area (Å²) in [4.78, 5) is 28.4. The van der Waals surface area contributed by atoms with E-state index in [0.29, 0.717) is 6.42 Å². The van der Waals surface area contributed by atoms with Crippen LogP contribution >= 0.6 is 11.8 Å². The van der Waals surface area contributed by atoms with Gasteiger partial charge in [-0.2, -0.15) is 0 Å². The van der Waals surface area contributed by atoms with Gasteiger partial charge >= 0.3 is 0 Å². The van der Waals surface area contributed by atoms with Gasteiger partial charge in [-0.15, -0.1) is 11.8 Å². The van der Waals surface area contributed by atoms with E-state index in [2.05, 4.69) is 6.92 Å². The molecule has 0 aromatic heterocycles. The van der Waals surface area contributed by atoms with E-state index >= 15 is 0 Å². The van der Waals surface area contributed by atoms with E-state index in [9.17, 15) is 9.59 Å². The molecule has 3 fully saturated rings. The lowest BCUT2D eigenvalue weighted by atomic mass is 10.1. The number of methoxy groups -OCH3 is 1. The molecule has 6 heteroatoms. The van der Waals surface area contributed by atoms with Crippen LogP contribution in [0.4, 0.5) is 0 Å². The molecule has 0 aliphatic carbocycles. The van der Waals surface area contributed by atoms with E-state index in [-0.39, 0.29) is 28.8 Å². The third-order valence-electron chi connectivity index (χ3n) is 4.82. The third-order valence-corrected chi connectivity index (χ3v) is 6.32. The fourth-order valence-corrected chi connectivity index (χ4v) is 4.95. The van der Waals surface area contributed by atoms with Gasteiger partial charge in [-0.1, -0.05) is 0 Å². The third kappa shape index (κ3) is 2.22. The monoisotopic (exact) mass is 298 g/mol. The van der Waals surface area contributed by atoms with Crippen LogP contribution in [0.25, 0.3) is 0 Å². The Bertz CT molecular complexity index is 423. The van der Waals surface area contributed by atoms with Gasteiger partial charge in [-0.25, -0.2) is 0 Å². The minimum absolute atomic E-state index is 0.131. The first-order valence-electron chi connectivity index (χ1n) is 7.33. The van der Waals surface area contributed by atoms with Crippen LogP contribution in [0.1, 0.15) is 32.6 Å². The molecule has 3 aliphatic heterocycles. The molecule has 112 valence electrons. The maximum atomic E-state index is 12.7. The van der Waals surface area contributed by atoms with E-state index in [1.54, 1.807) is 18.9 Å². The summed E-state index contributed by atoms with van der Waals surface area (Å²) >= 11 is 1.76. The lowest BCUT2D eigenvalue weighted by molar-refractivity contribution is -0.145. The van der Waals surface area contributed by atoms with Crippen molar-refractivity contribution in [1.82, 2.24) is 9.80 Å². The summed E-state index contributed by atoms with van der Waals surface area (Å²) in [7, 11) is 1.73. The number of ether oxygens (including phenoxy) is 1. The highest BCUT2D eigenvalue weighted by atomic mass is 32.2. The summed E-state index contributed by atoms with van der Waals surface area (Å²) in [6, 6.07) is -0.251. The normalized spacial score (nSPS) is 34.7. The SMILES string of the molecule is COC1CCN(C(=O)C2CSC3(C)CCC(=O)N23)CC1. The first kappa shape index (κ1) is 14.2. The molecule has 3 heterocycles. The van der Waals surface area contributed by atoms with Crippen LogP contribution in [0.5, 0.6) is 0 Å². The second kappa shape index (κ2) is 5.22. The van der Waals surface area contributed by atoms with Gasteiger partial charge in [0.25, 0.3) is 0 Å². The lowest BCUT2D eigenvalue weighted by Crippen LogP contribution is -2.53.